The zero-order valence-electron chi connectivity index (χ0n) is 7.92. The van der Waals surface area contributed by atoms with Crippen LogP contribution in [0.4, 0.5) is 11.5 Å². The first-order valence-electron chi connectivity index (χ1n) is 4.41. The van der Waals surface area contributed by atoms with E-state index in [4.69, 9.17) is 5.73 Å². The summed E-state index contributed by atoms with van der Waals surface area (Å²) < 4.78 is 4.60. The lowest BCUT2D eigenvalue weighted by molar-refractivity contribution is 0.410. The predicted octanol–water partition coefficient (Wildman–Crippen LogP) is 0.0964. The second-order valence-electron chi connectivity index (χ2n) is 2.85. The fourth-order valence-corrected chi connectivity index (χ4v) is 1.08. The van der Waals surface area contributed by atoms with E-state index in [2.05, 4.69) is 29.9 Å². The molecule has 0 aliphatic rings. The van der Waals surface area contributed by atoms with E-state index < -0.39 is 0 Å². The Labute approximate surface area is 85.7 Å². The summed E-state index contributed by atoms with van der Waals surface area (Å²) >= 11 is 0. The largest absolute Gasteiger partial charge is 0.394 e. The summed E-state index contributed by atoms with van der Waals surface area (Å²) in [6.45, 7) is 0.640. The maximum absolute atomic E-state index is 5.64. The van der Waals surface area contributed by atoms with Crippen LogP contribution in [0.5, 0.6) is 0 Å². The molecule has 7 heteroatoms. The van der Waals surface area contributed by atoms with Gasteiger partial charge in [0.1, 0.15) is 6.33 Å². The summed E-state index contributed by atoms with van der Waals surface area (Å²) in [5.41, 5.74) is 6.16. The number of nitrogen functional groups attached to an aromatic ring is 1. The topological polar surface area (TPSA) is 103 Å². The standard InChI is InChI=1S/C8H10N6O/c9-6-3-10-4-12-8(6)11-2-1-7-13-5-15-14-7/h3-5H,1-2,9H2,(H,10,11,12). The Morgan fingerprint density at radius 1 is 1.40 bits per heavy atom. The highest BCUT2D eigenvalue weighted by Crippen LogP contribution is 2.10. The summed E-state index contributed by atoms with van der Waals surface area (Å²) in [4.78, 5) is 11.7. The molecular weight excluding hydrogens is 196 g/mol. The van der Waals surface area contributed by atoms with Crippen molar-refractivity contribution in [2.75, 3.05) is 17.6 Å². The first-order chi connectivity index (χ1) is 7.36. The minimum atomic E-state index is 0.519. The van der Waals surface area contributed by atoms with E-state index in [1.165, 1.54) is 12.7 Å². The molecule has 0 saturated carbocycles. The van der Waals surface area contributed by atoms with Crippen LogP contribution < -0.4 is 11.1 Å². The highest BCUT2D eigenvalue weighted by atomic mass is 16.5. The number of nitrogens with zero attached hydrogens (tertiary/aromatic N) is 4. The Morgan fingerprint density at radius 2 is 2.33 bits per heavy atom. The molecule has 2 heterocycles. The van der Waals surface area contributed by atoms with Gasteiger partial charge >= 0.3 is 0 Å². The fourth-order valence-electron chi connectivity index (χ4n) is 1.08. The van der Waals surface area contributed by atoms with E-state index in [0.717, 1.165) is 0 Å². The van der Waals surface area contributed by atoms with E-state index >= 15 is 0 Å². The Kier molecular flexibility index (Phi) is 2.72. The number of nitrogens with one attached hydrogen (secondary N) is 1. The summed E-state index contributed by atoms with van der Waals surface area (Å²) in [7, 11) is 0. The van der Waals surface area contributed by atoms with Crippen LogP contribution in [0.1, 0.15) is 5.82 Å². The zero-order valence-corrected chi connectivity index (χ0v) is 7.92. The van der Waals surface area contributed by atoms with Gasteiger partial charge in [-0.3, -0.25) is 0 Å². The predicted molar refractivity (Wildman–Crippen MR) is 52.9 cm³/mol. The molecule has 2 aromatic rings. The number of nitrogens with two attached hydrogens (primary N) is 1. The highest BCUT2D eigenvalue weighted by Gasteiger charge is 2.01. The van der Waals surface area contributed by atoms with Crippen molar-refractivity contribution in [3.8, 4) is 0 Å². The molecule has 2 rings (SSSR count). The summed E-state index contributed by atoms with van der Waals surface area (Å²) in [5.74, 6) is 1.27. The molecule has 7 nitrogen and oxygen atoms in total. The second kappa shape index (κ2) is 4.36. The molecule has 2 aromatic heterocycles. The summed E-state index contributed by atoms with van der Waals surface area (Å²) in [5, 5.41) is 6.73. The minimum absolute atomic E-state index is 0.519. The average Bonchev–Trinajstić information content (AvgIpc) is 2.74. The highest BCUT2D eigenvalue weighted by molar-refractivity contribution is 5.58. The van der Waals surface area contributed by atoms with E-state index in [9.17, 15) is 0 Å². The van der Waals surface area contributed by atoms with Crippen LogP contribution in [-0.4, -0.2) is 26.7 Å². The zero-order chi connectivity index (χ0) is 10.5. The quantitative estimate of drug-likeness (QED) is 0.730. The normalized spacial score (nSPS) is 10.1. The van der Waals surface area contributed by atoms with Crippen LogP contribution in [0, 0.1) is 0 Å². The number of hydrogen-bond acceptors (Lipinski definition) is 7. The van der Waals surface area contributed by atoms with Crippen molar-refractivity contribution in [1.29, 1.82) is 0 Å². The third kappa shape index (κ3) is 2.39. The smallest absolute Gasteiger partial charge is 0.213 e. The van der Waals surface area contributed by atoms with Crippen molar-refractivity contribution < 1.29 is 4.52 Å². The number of rotatable bonds is 4. The Hall–Kier alpha value is -2.18. The average molecular weight is 206 g/mol. The Balaban J connectivity index is 1.86. The van der Waals surface area contributed by atoms with Crippen LogP contribution in [-0.2, 0) is 6.42 Å². The van der Waals surface area contributed by atoms with Gasteiger partial charge in [-0.25, -0.2) is 9.97 Å². The van der Waals surface area contributed by atoms with Crippen molar-refractivity contribution in [2.24, 2.45) is 0 Å². The molecule has 78 valence electrons. The van der Waals surface area contributed by atoms with E-state index in [-0.39, 0.29) is 0 Å². The summed E-state index contributed by atoms with van der Waals surface area (Å²) in [6.07, 6.45) is 4.94. The van der Waals surface area contributed by atoms with E-state index in [1.54, 1.807) is 6.20 Å². The molecular formula is C8H10N6O. The third-order valence-electron chi connectivity index (χ3n) is 1.79. The fraction of sp³-hybridized carbons (Fsp3) is 0.250. The first-order valence-corrected chi connectivity index (χ1v) is 4.41. The van der Waals surface area contributed by atoms with Crippen molar-refractivity contribution >= 4 is 11.5 Å². The minimum Gasteiger partial charge on any atom is -0.394 e. The number of hydrogen-bond donors (Lipinski definition) is 2. The van der Waals surface area contributed by atoms with Crippen LogP contribution >= 0.6 is 0 Å². The van der Waals surface area contributed by atoms with Gasteiger partial charge in [-0.2, -0.15) is 4.98 Å². The van der Waals surface area contributed by atoms with Crippen molar-refractivity contribution in [1.82, 2.24) is 20.1 Å². The van der Waals surface area contributed by atoms with Gasteiger partial charge in [0.2, 0.25) is 6.39 Å². The van der Waals surface area contributed by atoms with Crippen LogP contribution in [0.15, 0.2) is 23.4 Å². The lowest BCUT2D eigenvalue weighted by Gasteiger charge is -2.04. The van der Waals surface area contributed by atoms with Crippen molar-refractivity contribution in [3.05, 3.63) is 24.7 Å². The van der Waals surface area contributed by atoms with Crippen molar-refractivity contribution in [2.45, 2.75) is 6.42 Å². The van der Waals surface area contributed by atoms with Gasteiger partial charge in [-0.1, -0.05) is 5.16 Å². The second-order valence-corrected chi connectivity index (χ2v) is 2.85. The molecule has 0 aliphatic heterocycles. The first kappa shape index (κ1) is 9.38. The molecule has 0 radical (unpaired) electrons. The molecule has 0 amide bonds. The molecule has 0 bridgehead atoms. The molecule has 0 saturated heterocycles. The van der Waals surface area contributed by atoms with Gasteiger partial charge in [-0.15, -0.1) is 0 Å². The summed E-state index contributed by atoms with van der Waals surface area (Å²) in [6, 6.07) is 0. The lowest BCUT2D eigenvalue weighted by atomic mass is 10.4. The van der Waals surface area contributed by atoms with E-state index in [0.29, 0.717) is 30.3 Å². The molecule has 0 spiro atoms. The maximum atomic E-state index is 5.64. The van der Waals surface area contributed by atoms with E-state index in [1.807, 2.05) is 0 Å². The molecule has 0 unspecified atom stereocenters. The molecule has 0 fully saturated rings. The van der Waals surface area contributed by atoms with Gasteiger partial charge in [0, 0.05) is 13.0 Å². The van der Waals surface area contributed by atoms with Crippen LogP contribution in [0.2, 0.25) is 0 Å². The van der Waals surface area contributed by atoms with Crippen LogP contribution in [0.3, 0.4) is 0 Å². The van der Waals surface area contributed by atoms with Crippen LogP contribution in [0.25, 0.3) is 0 Å². The third-order valence-corrected chi connectivity index (χ3v) is 1.79. The van der Waals surface area contributed by atoms with Gasteiger partial charge < -0.3 is 15.6 Å². The van der Waals surface area contributed by atoms with Gasteiger partial charge in [-0.05, 0) is 0 Å². The monoisotopic (exact) mass is 206 g/mol. The number of aromatic nitrogens is 4. The van der Waals surface area contributed by atoms with Gasteiger partial charge in [0.15, 0.2) is 11.6 Å². The molecule has 3 N–H and O–H groups in total. The molecule has 0 atom stereocenters. The SMILES string of the molecule is Nc1cncnc1NCCc1ncon1. The molecule has 0 aromatic carbocycles. The Morgan fingerprint density at radius 3 is 3.07 bits per heavy atom. The Bertz CT molecular complexity index is 415. The molecule has 0 aliphatic carbocycles. The van der Waals surface area contributed by atoms with Gasteiger partial charge in [0.25, 0.3) is 0 Å². The lowest BCUT2D eigenvalue weighted by Crippen LogP contribution is -2.09. The molecule has 15 heavy (non-hydrogen) atoms. The van der Waals surface area contributed by atoms with Crippen molar-refractivity contribution in [3.63, 3.8) is 0 Å². The van der Waals surface area contributed by atoms with Gasteiger partial charge in [0.05, 0.1) is 11.9 Å². The number of anilines is 2. The maximum Gasteiger partial charge on any atom is 0.213 e.